The Bertz CT molecular complexity index is 1730. The number of rotatable bonds is 5. The molecule has 8 nitrogen and oxygen atoms in total. The van der Waals surface area contributed by atoms with Gasteiger partial charge >= 0.3 is 5.63 Å². The standard InChI is InChI=1S/C25H13ClN4O4S/c26-17-3-8-23-15(10-17)12-21(25(31)34-23)22-14-35-24(28-22)16(13-27)11-20-2-1-9-29(20)18-4-6-19(7-5-18)30(32)33/h1-12,14H. The Morgan fingerprint density at radius 1 is 1.20 bits per heavy atom. The molecule has 0 aliphatic rings. The van der Waals surface area contributed by atoms with E-state index in [4.69, 9.17) is 16.0 Å². The molecule has 5 rings (SSSR count). The van der Waals surface area contributed by atoms with Crippen LogP contribution in [-0.2, 0) is 0 Å². The first-order valence-electron chi connectivity index (χ1n) is 10.2. The number of fused-ring (bicyclic) bond motifs is 1. The monoisotopic (exact) mass is 500 g/mol. The highest BCUT2D eigenvalue weighted by Crippen LogP contribution is 2.29. The molecular formula is C25H13ClN4O4S. The fourth-order valence-electron chi connectivity index (χ4n) is 3.57. The number of nitrogens with zero attached hydrogens (tertiary/aromatic N) is 4. The minimum Gasteiger partial charge on any atom is -0.422 e. The number of nitriles is 1. The van der Waals surface area contributed by atoms with Crippen LogP contribution in [0.25, 0.3) is 39.6 Å². The van der Waals surface area contributed by atoms with Crippen LogP contribution in [0.15, 0.2) is 81.5 Å². The number of hydrogen-bond acceptors (Lipinski definition) is 7. The molecule has 0 bridgehead atoms. The average Bonchev–Trinajstić information content (AvgIpc) is 3.52. The summed E-state index contributed by atoms with van der Waals surface area (Å²) in [6, 6.07) is 18.5. The summed E-state index contributed by atoms with van der Waals surface area (Å²) >= 11 is 7.29. The molecule has 0 atom stereocenters. The fourth-order valence-corrected chi connectivity index (χ4v) is 4.53. The molecule has 0 saturated carbocycles. The second-order valence-corrected chi connectivity index (χ2v) is 8.71. The van der Waals surface area contributed by atoms with Crippen LogP contribution in [0, 0.1) is 21.4 Å². The van der Waals surface area contributed by atoms with E-state index in [0.29, 0.717) is 43.6 Å². The van der Waals surface area contributed by atoms with E-state index < -0.39 is 10.5 Å². The summed E-state index contributed by atoms with van der Waals surface area (Å²) in [6.07, 6.45) is 3.47. The van der Waals surface area contributed by atoms with Crippen LogP contribution in [-0.4, -0.2) is 14.5 Å². The number of nitro benzene ring substituents is 1. The summed E-state index contributed by atoms with van der Waals surface area (Å²) in [5.41, 5.74) is 2.24. The van der Waals surface area contributed by atoms with Gasteiger partial charge in [0.05, 0.1) is 21.8 Å². The predicted molar refractivity (Wildman–Crippen MR) is 135 cm³/mol. The molecule has 35 heavy (non-hydrogen) atoms. The second-order valence-electron chi connectivity index (χ2n) is 7.41. The van der Waals surface area contributed by atoms with Crippen molar-refractivity contribution in [1.29, 1.82) is 5.26 Å². The third-order valence-electron chi connectivity index (χ3n) is 5.24. The van der Waals surface area contributed by atoms with Gasteiger partial charge in [-0.05, 0) is 54.6 Å². The number of aromatic nitrogens is 2. The summed E-state index contributed by atoms with van der Waals surface area (Å²) in [6.45, 7) is 0. The SMILES string of the molecule is N#CC(=Cc1cccn1-c1ccc([N+](=O)[O-])cc1)c1nc(-c2cc3cc(Cl)ccc3oc2=O)cs1. The lowest BCUT2D eigenvalue weighted by Crippen LogP contribution is -2.03. The maximum absolute atomic E-state index is 12.5. The van der Waals surface area contributed by atoms with Crippen molar-refractivity contribution >= 4 is 51.2 Å². The molecule has 2 aromatic carbocycles. The molecule has 0 aliphatic heterocycles. The third kappa shape index (κ3) is 4.36. The average molecular weight is 501 g/mol. The molecule has 0 aliphatic carbocycles. The molecule has 170 valence electrons. The van der Waals surface area contributed by atoms with Gasteiger partial charge < -0.3 is 8.98 Å². The molecule has 0 radical (unpaired) electrons. The molecule has 3 aromatic heterocycles. The number of nitro groups is 1. The van der Waals surface area contributed by atoms with Crippen molar-refractivity contribution < 1.29 is 9.34 Å². The van der Waals surface area contributed by atoms with Gasteiger partial charge in [0.15, 0.2) is 0 Å². The van der Waals surface area contributed by atoms with E-state index in [-0.39, 0.29) is 11.3 Å². The highest BCUT2D eigenvalue weighted by Gasteiger charge is 2.15. The zero-order chi connectivity index (χ0) is 24.5. The van der Waals surface area contributed by atoms with E-state index in [0.717, 1.165) is 0 Å². The molecule has 10 heteroatoms. The fraction of sp³-hybridized carbons (Fsp3) is 0. The van der Waals surface area contributed by atoms with Crippen molar-refractivity contribution in [3.8, 4) is 23.0 Å². The predicted octanol–water partition coefficient (Wildman–Crippen LogP) is 6.33. The minimum absolute atomic E-state index is 0.00790. The molecular weight excluding hydrogens is 488 g/mol. The minimum atomic E-state index is -0.536. The summed E-state index contributed by atoms with van der Waals surface area (Å²) in [5, 5.41) is 24.0. The van der Waals surface area contributed by atoms with Crippen LogP contribution in [0.2, 0.25) is 5.02 Å². The van der Waals surface area contributed by atoms with Crippen molar-refractivity contribution in [3.63, 3.8) is 0 Å². The van der Waals surface area contributed by atoms with E-state index in [1.165, 1.54) is 23.5 Å². The number of halogens is 1. The van der Waals surface area contributed by atoms with Crippen molar-refractivity contribution in [2.75, 3.05) is 0 Å². The number of allylic oxidation sites excluding steroid dienone is 1. The van der Waals surface area contributed by atoms with Crippen LogP contribution >= 0.6 is 22.9 Å². The Morgan fingerprint density at radius 3 is 2.74 bits per heavy atom. The first-order chi connectivity index (χ1) is 16.9. The van der Waals surface area contributed by atoms with E-state index in [9.17, 15) is 20.2 Å². The van der Waals surface area contributed by atoms with Crippen LogP contribution in [0.1, 0.15) is 10.7 Å². The largest absolute Gasteiger partial charge is 0.422 e. The molecule has 0 spiro atoms. The van der Waals surface area contributed by atoms with E-state index in [2.05, 4.69) is 11.1 Å². The second kappa shape index (κ2) is 9.02. The number of non-ortho nitro benzene ring substituents is 1. The number of thiazole rings is 1. The van der Waals surface area contributed by atoms with Gasteiger partial charge in [0.25, 0.3) is 5.69 Å². The lowest BCUT2D eigenvalue weighted by molar-refractivity contribution is -0.384. The lowest BCUT2D eigenvalue weighted by Gasteiger charge is -2.06. The van der Waals surface area contributed by atoms with Gasteiger partial charge in [-0.1, -0.05) is 11.6 Å². The quantitative estimate of drug-likeness (QED) is 0.120. The molecule has 0 fully saturated rings. The van der Waals surface area contributed by atoms with E-state index >= 15 is 0 Å². The van der Waals surface area contributed by atoms with Crippen molar-refractivity contribution in [2.24, 2.45) is 0 Å². The van der Waals surface area contributed by atoms with Gasteiger partial charge in [0.1, 0.15) is 16.7 Å². The van der Waals surface area contributed by atoms with Crippen molar-refractivity contribution in [3.05, 3.63) is 108 Å². The third-order valence-corrected chi connectivity index (χ3v) is 6.35. The molecule has 3 heterocycles. The van der Waals surface area contributed by atoms with Crippen LogP contribution in [0.3, 0.4) is 0 Å². The van der Waals surface area contributed by atoms with Crippen LogP contribution in [0.4, 0.5) is 5.69 Å². The highest BCUT2D eigenvalue weighted by molar-refractivity contribution is 7.11. The Labute approximate surface area is 206 Å². The molecule has 0 saturated heterocycles. The molecule has 5 aromatic rings. The normalized spacial score (nSPS) is 11.5. The van der Waals surface area contributed by atoms with Gasteiger partial charge in [-0.2, -0.15) is 5.26 Å². The van der Waals surface area contributed by atoms with Gasteiger partial charge in [0.2, 0.25) is 0 Å². The van der Waals surface area contributed by atoms with Gasteiger partial charge in [-0.3, -0.25) is 10.1 Å². The van der Waals surface area contributed by atoms with Gasteiger partial charge in [-0.25, -0.2) is 9.78 Å². The van der Waals surface area contributed by atoms with Gasteiger partial charge in [-0.15, -0.1) is 11.3 Å². The number of hydrogen-bond donors (Lipinski definition) is 0. The smallest absolute Gasteiger partial charge is 0.345 e. The summed E-state index contributed by atoms with van der Waals surface area (Å²) in [4.78, 5) is 27.5. The summed E-state index contributed by atoms with van der Waals surface area (Å²) < 4.78 is 7.20. The highest BCUT2D eigenvalue weighted by atomic mass is 35.5. The molecule has 0 amide bonds. The maximum atomic E-state index is 12.5. The zero-order valence-corrected chi connectivity index (χ0v) is 19.3. The van der Waals surface area contributed by atoms with E-state index in [1.54, 1.807) is 64.7 Å². The zero-order valence-electron chi connectivity index (χ0n) is 17.7. The topological polar surface area (TPSA) is 115 Å². The Kier molecular flexibility index (Phi) is 5.74. The summed E-state index contributed by atoms with van der Waals surface area (Å²) in [7, 11) is 0. The Hall–Kier alpha value is -4.52. The first kappa shape index (κ1) is 22.3. The Balaban J connectivity index is 1.51. The maximum Gasteiger partial charge on any atom is 0.345 e. The van der Waals surface area contributed by atoms with Crippen molar-refractivity contribution in [2.45, 2.75) is 0 Å². The van der Waals surface area contributed by atoms with Crippen LogP contribution < -0.4 is 5.63 Å². The molecule has 0 N–H and O–H groups in total. The lowest BCUT2D eigenvalue weighted by atomic mass is 10.1. The van der Waals surface area contributed by atoms with Gasteiger partial charge in [0, 0.05) is 45.5 Å². The number of benzene rings is 2. The Morgan fingerprint density at radius 2 is 2.00 bits per heavy atom. The summed E-state index contributed by atoms with van der Waals surface area (Å²) in [5.74, 6) is 0. The molecule has 0 unspecified atom stereocenters. The van der Waals surface area contributed by atoms with Crippen LogP contribution in [0.5, 0.6) is 0 Å². The van der Waals surface area contributed by atoms with Crippen molar-refractivity contribution in [1.82, 2.24) is 9.55 Å². The van der Waals surface area contributed by atoms with E-state index in [1.807, 2.05) is 6.07 Å². The first-order valence-corrected chi connectivity index (χ1v) is 11.4.